The van der Waals surface area contributed by atoms with Crippen LogP contribution in [0.1, 0.15) is 10.4 Å². The van der Waals surface area contributed by atoms with Gasteiger partial charge in [0.1, 0.15) is 11.5 Å². The number of nitrogens with zero attached hydrogens (tertiary/aromatic N) is 1. The number of hydrogen-bond donors (Lipinski definition) is 1. The predicted octanol–water partition coefficient (Wildman–Crippen LogP) is 4.71. The third kappa shape index (κ3) is 5.98. The third-order valence-corrected chi connectivity index (χ3v) is 6.48. The molecule has 3 aromatic carbocycles. The minimum atomic E-state index is -4.49. The highest BCUT2D eigenvalue weighted by atomic mass is 32.2. The van der Waals surface area contributed by atoms with Gasteiger partial charge in [-0.1, -0.05) is 18.2 Å². The lowest BCUT2D eigenvalue weighted by molar-refractivity contribution is -0.153. The summed E-state index contributed by atoms with van der Waals surface area (Å²) in [5, 5.41) is 2.54. The zero-order chi connectivity index (χ0) is 24.9. The lowest BCUT2D eigenvalue weighted by atomic mass is 10.2. The normalized spacial score (nSPS) is 11.6. The summed E-state index contributed by atoms with van der Waals surface area (Å²) in [6, 6.07) is 17.4. The number of halogens is 3. The number of carbonyl (C=O) groups is 1. The Hall–Kier alpha value is -3.73. The Morgan fingerprint density at radius 2 is 1.68 bits per heavy atom. The highest BCUT2D eigenvalue weighted by Gasteiger charge is 2.28. The molecule has 0 radical (unpaired) electrons. The molecule has 0 saturated carbocycles. The molecule has 1 amide bonds. The molecular weight excluding hydrogens is 473 g/mol. The lowest BCUT2D eigenvalue weighted by Crippen LogP contribution is -2.27. The fourth-order valence-electron chi connectivity index (χ4n) is 2.99. The average Bonchev–Trinajstić information content (AvgIpc) is 2.82. The van der Waals surface area contributed by atoms with E-state index in [2.05, 4.69) is 10.1 Å². The first-order valence-electron chi connectivity index (χ1n) is 9.84. The number of nitrogens with one attached hydrogen (secondary N) is 1. The van der Waals surface area contributed by atoms with Crippen LogP contribution in [0.15, 0.2) is 77.7 Å². The second kappa shape index (κ2) is 10.0. The molecule has 0 unspecified atom stereocenters. The number of para-hydroxylation sites is 2. The van der Waals surface area contributed by atoms with Crippen LogP contribution in [0.25, 0.3) is 0 Å². The molecule has 1 N–H and O–H groups in total. The number of ether oxygens (including phenoxy) is 2. The largest absolute Gasteiger partial charge is 0.495 e. The maximum atomic E-state index is 13.0. The van der Waals surface area contributed by atoms with E-state index in [1.807, 2.05) is 0 Å². The quantitative estimate of drug-likeness (QED) is 0.490. The molecule has 3 aromatic rings. The van der Waals surface area contributed by atoms with Crippen LogP contribution in [0.2, 0.25) is 0 Å². The van der Waals surface area contributed by atoms with Gasteiger partial charge in [0.2, 0.25) is 0 Å². The summed E-state index contributed by atoms with van der Waals surface area (Å²) >= 11 is 0. The molecule has 0 aliphatic rings. The Bertz CT molecular complexity index is 1260. The molecule has 0 heterocycles. The first-order chi connectivity index (χ1) is 16.0. The number of rotatable bonds is 8. The van der Waals surface area contributed by atoms with Crippen molar-refractivity contribution in [1.82, 2.24) is 0 Å². The Morgan fingerprint density at radius 3 is 2.32 bits per heavy atom. The minimum absolute atomic E-state index is 0.0417. The van der Waals surface area contributed by atoms with Crippen molar-refractivity contribution in [3.05, 3.63) is 78.4 Å². The van der Waals surface area contributed by atoms with Gasteiger partial charge in [-0.2, -0.15) is 13.2 Å². The van der Waals surface area contributed by atoms with Gasteiger partial charge < -0.3 is 14.8 Å². The van der Waals surface area contributed by atoms with Crippen molar-refractivity contribution in [2.75, 3.05) is 30.4 Å². The predicted molar refractivity (Wildman–Crippen MR) is 121 cm³/mol. The Balaban J connectivity index is 1.73. The monoisotopic (exact) mass is 494 g/mol. The molecule has 0 aliphatic carbocycles. The van der Waals surface area contributed by atoms with E-state index in [1.54, 1.807) is 24.3 Å². The molecule has 0 fully saturated rings. The number of sulfonamides is 1. The molecule has 0 aromatic heterocycles. The molecule has 7 nitrogen and oxygen atoms in total. The second-order valence-electron chi connectivity index (χ2n) is 7.05. The Kier molecular flexibility index (Phi) is 7.35. The first kappa shape index (κ1) is 24.9. The topological polar surface area (TPSA) is 84.9 Å². The molecule has 0 spiro atoms. The van der Waals surface area contributed by atoms with Crippen molar-refractivity contribution < 1.29 is 35.9 Å². The van der Waals surface area contributed by atoms with Gasteiger partial charge in [0.05, 0.1) is 17.7 Å². The standard InChI is InChI=1S/C23H21F3N2O5S/c1-28(20-8-3-4-9-21(20)32-2)34(30,31)19-12-10-16(11-13-19)22(29)27-17-6-5-7-18(14-17)33-15-23(24,25)26/h3-14H,15H2,1-2H3,(H,27,29). The van der Waals surface area contributed by atoms with Crippen molar-refractivity contribution in [3.63, 3.8) is 0 Å². The van der Waals surface area contributed by atoms with Gasteiger partial charge in [0, 0.05) is 24.4 Å². The van der Waals surface area contributed by atoms with Crippen LogP contribution in [-0.2, 0) is 10.0 Å². The van der Waals surface area contributed by atoms with Gasteiger partial charge in [-0.05, 0) is 48.5 Å². The van der Waals surface area contributed by atoms with Gasteiger partial charge in [0.25, 0.3) is 15.9 Å². The van der Waals surface area contributed by atoms with Crippen molar-refractivity contribution in [2.45, 2.75) is 11.1 Å². The van der Waals surface area contributed by atoms with E-state index < -0.39 is 28.7 Å². The number of anilines is 2. The summed E-state index contributed by atoms with van der Waals surface area (Å²) in [5.41, 5.74) is 0.720. The molecule has 34 heavy (non-hydrogen) atoms. The van der Waals surface area contributed by atoms with E-state index in [1.165, 1.54) is 62.7 Å². The summed E-state index contributed by atoms with van der Waals surface area (Å²) in [6.45, 7) is -1.45. The van der Waals surface area contributed by atoms with Crippen molar-refractivity contribution in [2.24, 2.45) is 0 Å². The smallest absolute Gasteiger partial charge is 0.422 e. The van der Waals surface area contributed by atoms with E-state index in [9.17, 15) is 26.4 Å². The SMILES string of the molecule is COc1ccccc1N(C)S(=O)(=O)c1ccc(C(=O)Nc2cccc(OCC(F)(F)F)c2)cc1. The first-order valence-corrected chi connectivity index (χ1v) is 11.3. The van der Waals surface area contributed by atoms with E-state index >= 15 is 0 Å². The molecule has 180 valence electrons. The van der Waals surface area contributed by atoms with E-state index in [0.29, 0.717) is 11.4 Å². The Labute approximate surface area is 194 Å². The molecule has 3 rings (SSSR count). The van der Waals surface area contributed by atoms with Crippen molar-refractivity contribution >= 4 is 27.3 Å². The molecular formula is C23H21F3N2O5S. The second-order valence-corrected chi connectivity index (χ2v) is 9.02. The van der Waals surface area contributed by atoms with Crippen LogP contribution in [-0.4, -0.2) is 41.3 Å². The Morgan fingerprint density at radius 1 is 1.00 bits per heavy atom. The van der Waals surface area contributed by atoms with Gasteiger partial charge in [0.15, 0.2) is 6.61 Å². The summed E-state index contributed by atoms with van der Waals surface area (Å²) in [5.74, 6) is -0.253. The zero-order valence-electron chi connectivity index (χ0n) is 18.2. The van der Waals surface area contributed by atoms with Gasteiger partial charge >= 0.3 is 6.18 Å². The highest BCUT2D eigenvalue weighted by Crippen LogP contribution is 2.31. The van der Waals surface area contributed by atoms with E-state index in [-0.39, 0.29) is 21.9 Å². The van der Waals surface area contributed by atoms with Crippen LogP contribution in [0.4, 0.5) is 24.5 Å². The van der Waals surface area contributed by atoms with Crippen molar-refractivity contribution in [3.8, 4) is 11.5 Å². The third-order valence-electron chi connectivity index (χ3n) is 4.69. The van der Waals surface area contributed by atoms with Crippen LogP contribution in [0.3, 0.4) is 0 Å². The fraction of sp³-hybridized carbons (Fsp3) is 0.174. The number of benzene rings is 3. The maximum Gasteiger partial charge on any atom is 0.422 e. The number of methoxy groups -OCH3 is 1. The van der Waals surface area contributed by atoms with Gasteiger partial charge in [-0.15, -0.1) is 0 Å². The molecule has 11 heteroatoms. The maximum absolute atomic E-state index is 13.0. The van der Waals surface area contributed by atoms with Gasteiger partial charge in [-0.25, -0.2) is 8.42 Å². The van der Waals surface area contributed by atoms with Crippen LogP contribution in [0.5, 0.6) is 11.5 Å². The van der Waals surface area contributed by atoms with Crippen LogP contribution in [0, 0.1) is 0 Å². The summed E-state index contributed by atoms with van der Waals surface area (Å²) in [6.07, 6.45) is -4.49. The minimum Gasteiger partial charge on any atom is -0.495 e. The number of carbonyl (C=O) groups excluding carboxylic acids is 1. The molecule has 0 aliphatic heterocycles. The van der Waals surface area contributed by atoms with Crippen LogP contribution < -0.4 is 19.1 Å². The average molecular weight is 494 g/mol. The van der Waals surface area contributed by atoms with Gasteiger partial charge in [-0.3, -0.25) is 9.10 Å². The number of amides is 1. The summed E-state index contributed by atoms with van der Waals surface area (Å²) in [4.78, 5) is 12.5. The van der Waals surface area contributed by atoms with E-state index in [4.69, 9.17) is 4.74 Å². The van der Waals surface area contributed by atoms with Crippen molar-refractivity contribution in [1.29, 1.82) is 0 Å². The zero-order valence-corrected chi connectivity index (χ0v) is 19.0. The lowest BCUT2D eigenvalue weighted by Gasteiger charge is -2.21. The molecule has 0 atom stereocenters. The summed E-state index contributed by atoms with van der Waals surface area (Å²) < 4.78 is 74.0. The number of hydrogen-bond acceptors (Lipinski definition) is 5. The highest BCUT2D eigenvalue weighted by molar-refractivity contribution is 7.92. The fourth-order valence-corrected chi connectivity index (χ4v) is 4.19. The van der Waals surface area contributed by atoms with E-state index in [0.717, 1.165) is 4.31 Å². The molecule has 0 bridgehead atoms. The van der Waals surface area contributed by atoms with Crippen LogP contribution >= 0.6 is 0 Å². The number of alkyl halides is 3. The molecule has 0 saturated heterocycles. The summed E-state index contributed by atoms with van der Waals surface area (Å²) in [7, 11) is -1.11.